The van der Waals surface area contributed by atoms with Crippen LogP contribution in [0.2, 0.25) is 0 Å². The number of nitrogens with zero attached hydrogens (tertiary/aromatic N) is 1. The summed E-state index contributed by atoms with van der Waals surface area (Å²) in [4.78, 5) is 15.3. The van der Waals surface area contributed by atoms with Gasteiger partial charge in [0, 0.05) is 23.1 Å². The van der Waals surface area contributed by atoms with Crippen LogP contribution in [-0.2, 0) is 0 Å². The van der Waals surface area contributed by atoms with E-state index in [2.05, 4.69) is 0 Å². The number of carbonyl (C=O) groups excluding carboxylic acids is 1. The van der Waals surface area contributed by atoms with E-state index in [0.717, 1.165) is 46.6 Å². The first-order valence-electron chi connectivity index (χ1n) is 9.67. The first-order chi connectivity index (χ1) is 14.1. The summed E-state index contributed by atoms with van der Waals surface area (Å²) >= 11 is 0. The smallest absolute Gasteiger partial charge is 0.290 e. The van der Waals surface area contributed by atoms with Crippen molar-refractivity contribution in [2.24, 2.45) is 0 Å². The number of benzene rings is 2. The van der Waals surface area contributed by atoms with Gasteiger partial charge in [0.05, 0.1) is 27.4 Å². The van der Waals surface area contributed by atoms with Crippen molar-refractivity contribution < 1.29 is 23.4 Å². The summed E-state index contributed by atoms with van der Waals surface area (Å²) in [6.07, 6.45) is 1.78. The normalized spacial score (nSPS) is 16.3. The lowest BCUT2D eigenvalue weighted by atomic mass is 10.0. The molecule has 1 atom stereocenters. The van der Waals surface area contributed by atoms with E-state index in [0.29, 0.717) is 17.9 Å². The molecule has 3 aromatic rings. The number of fused-ring (bicyclic) bond motifs is 1. The van der Waals surface area contributed by atoms with Gasteiger partial charge in [0.25, 0.3) is 5.91 Å². The van der Waals surface area contributed by atoms with Crippen LogP contribution in [0.1, 0.15) is 40.6 Å². The highest BCUT2D eigenvalue weighted by molar-refractivity contribution is 5.99. The van der Waals surface area contributed by atoms with Crippen molar-refractivity contribution in [3.8, 4) is 17.2 Å². The Bertz CT molecular complexity index is 1050. The van der Waals surface area contributed by atoms with Crippen LogP contribution in [-0.4, -0.2) is 38.7 Å². The number of carbonyl (C=O) groups is 1. The maximum absolute atomic E-state index is 13.5. The maximum Gasteiger partial charge on any atom is 0.290 e. The highest BCUT2D eigenvalue weighted by atomic mass is 16.5. The van der Waals surface area contributed by atoms with Crippen molar-refractivity contribution >= 4 is 16.9 Å². The summed E-state index contributed by atoms with van der Waals surface area (Å²) in [5.74, 6) is 2.50. The third-order valence-corrected chi connectivity index (χ3v) is 5.65. The summed E-state index contributed by atoms with van der Waals surface area (Å²) in [6, 6.07) is 11.2. The van der Waals surface area contributed by atoms with Gasteiger partial charge in [0.2, 0.25) is 0 Å². The molecular weight excluding hydrogens is 370 g/mol. The SMILES string of the molecule is COc1ccc(OC)c(C2CCCN2C(=O)c2oc3ccc(OC)cc3c2C)c1. The molecule has 0 spiro atoms. The Kier molecular flexibility index (Phi) is 5.09. The molecule has 2 aromatic carbocycles. The third-order valence-electron chi connectivity index (χ3n) is 5.65. The molecular formula is C23H25NO5. The van der Waals surface area contributed by atoms with Gasteiger partial charge in [-0.2, -0.15) is 0 Å². The van der Waals surface area contributed by atoms with Gasteiger partial charge in [-0.3, -0.25) is 4.79 Å². The molecule has 152 valence electrons. The average Bonchev–Trinajstić information content (AvgIpc) is 3.37. The van der Waals surface area contributed by atoms with Crippen LogP contribution < -0.4 is 14.2 Å². The minimum Gasteiger partial charge on any atom is -0.497 e. The summed E-state index contributed by atoms with van der Waals surface area (Å²) in [5, 5.41) is 0.891. The molecule has 1 aliphatic heterocycles. The second kappa shape index (κ2) is 7.70. The zero-order valence-electron chi connectivity index (χ0n) is 17.2. The lowest BCUT2D eigenvalue weighted by Crippen LogP contribution is -2.31. The van der Waals surface area contributed by atoms with Crippen LogP contribution in [0, 0.1) is 6.92 Å². The number of likely N-dealkylation sites (tertiary alicyclic amines) is 1. The first-order valence-corrected chi connectivity index (χ1v) is 9.67. The molecule has 0 N–H and O–H groups in total. The molecule has 6 nitrogen and oxygen atoms in total. The van der Waals surface area contributed by atoms with Crippen LogP contribution >= 0.6 is 0 Å². The van der Waals surface area contributed by atoms with Crippen LogP contribution in [0.4, 0.5) is 0 Å². The molecule has 1 unspecified atom stereocenters. The average molecular weight is 395 g/mol. The van der Waals surface area contributed by atoms with Gasteiger partial charge in [0.15, 0.2) is 5.76 Å². The first kappa shape index (κ1) is 19.2. The fraction of sp³-hybridized carbons (Fsp3) is 0.348. The molecule has 2 heterocycles. The van der Waals surface area contributed by atoms with Crippen molar-refractivity contribution in [2.45, 2.75) is 25.8 Å². The van der Waals surface area contributed by atoms with Crippen LogP contribution in [0.25, 0.3) is 11.0 Å². The highest BCUT2D eigenvalue weighted by Crippen LogP contribution is 2.40. The van der Waals surface area contributed by atoms with Crippen LogP contribution in [0.3, 0.4) is 0 Å². The molecule has 1 aliphatic rings. The van der Waals surface area contributed by atoms with Crippen LogP contribution in [0.15, 0.2) is 40.8 Å². The Morgan fingerprint density at radius 3 is 2.48 bits per heavy atom. The molecule has 6 heteroatoms. The third kappa shape index (κ3) is 3.28. The summed E-state index contributed by atoms with van der Waals surface area (Å²) in [7, 11) is 4.90. The Labute approximate surface area is 170 Å². The second-order valence-electron chi connectivity index (χ2n) is 7.18. The van der Waals surface area contributed by atoms with E-state index >= 15 is 0 Å². The molecule has 1 fully saturated rings. The molecule has 4 rings (SSSR count). The highest BCUT2D eigenvalue weighted by Gasteiger charge is 2.35. The minimum atomic E-state index is -0.106. The van der Waals surface area contributed by atoms with Gasteiger partial charge in [-0.1, -0.05) is 0 Å². The maximum atomic E-state index is 13.5. The Hall–Kier alpha value is -3.15. The van der Waals surface area contributed by atoms with Crippen molar-refractivity contribution in [2.75, 3.05) is 27.9 Å². The van der Waals surface area contributed by atoms with Crippen LogP contribution in [0.5, 0.6) is 17.2 Å². The standard InChI is InChI=1S/C23H25NO5/c1-14-17-12-15(26-2)8-10-21(17)29-22(14)23(25)24-11-5-6-19(24)18-13-16(27-3)7-9-20(18)28-4/h7-10,12-13,19H,5-6,11H2,1-4H3. The zero-order chi connectivity index (χ0) is 20.5. The van der Waals surface area contributed by atoms with E-state index in [-0.39, 0.29) is 11.9 Å². The Morgan fingerprint density at radius 1 is 1.03 bits per heavy atom. The largest absolute Gasteiger partial charge is 0.497 e. The fourth-order valence-electron chi connectivity index (χ4n) is 4.09. The molecule has 1 amide bonds. The molecule has 0 aliphatic carbocycles. The predicted octanol–water partition coefficient (Wildman–Crippen LogP) is 4.74. The number of aryl methyl sites for hydroxylation is 1. The minimum absolute atomic E-state index is 0.0882. The topological polar surface area (TPSA) is 61.1 Å². The number of rotatable bonds is 5. The van der Waals surface area contributed by atoms with Crippen molar-refractivity contribution in [1.29, 1.82) is 0 Å². The van der Waals surface area contributed by atoms with E-state index in [4.69, 9.17) is 18.6 Å². The zero-order valence-corrected chi connectivity index (χ0v) is 17.2. The Morgan fingerprint density at radius 2 is 1.76 bits per heavy atom. The van der Waals surface area contributed by atoms with Gasteiger partial charge in [-0.15, -0.1) is 0 Å². The summed E-state index contributed by atoms with van der Waals surface area (Å²) in [6.45, 7) is 2.58. The number of hydrogen-bond acceptors (Lipinski definition) is 5. The van der Waals surface area contributed by atoms with E-state index in [1.807, 2.05) is 48.2 Å². The van der Waals surface area contributed by atoms with Crippen molar-refractivity contribution in [3.05, 3.63) is 53.3 Å². The van der Waals surface area contributed by atoms with Gasteiger partial charge >= 0.3 is 0 Å². The lowest BCUT2D eigenvalue weighted by molar-refractivity contribution is 0.0703. The van der Waals surface area contributed by atoms with Gasteiger partial charge in [0.1, 0.15) is 22.8 Å². The molecule has 0 saturated carbocycles. The number of furan rings is 1. The molecule has 0 radical (unpaired) electrons. The predicted molar refractivity (Wildman–Crippen MR) is 110 cm³/mol. The van der Waals surface area contributed by atoms with E-state index in [1.165, 1.54) is 0 Å². The fourth-order valence-corrected chi connectivity index (χ4v) is 4.09. The molecule has 1 aromatic heterocycles. The van der Waals surface area contributed by atoms with Crippen molar-refractivity contribution in [1.82, 2.24) is 4.90 Å². The van der Waals surface area contributed by atoms with Gasteiger partial charge in [-0.25, -0.2) is 0 Å². The van der Waals surface area contributed by atoms with Crippen molar-refractivity contribution in [3.63, 3.8) is 0 Å². The lowest BCUT2D eigenvalue weighted by Gasteiger charge is -2.26. The molecule has 1 saturated heterocycles. The van der Waals surface area contributed by atoms with Gasteiger partial charge < -0.3 is 23.5 Å². The second-order valence-corrected chi connectivity index (χ2v) is 7.18. The number of hydrogen-bond donors (Lipinski definition) is 0. The van der Waals surface area contributed by atoms with E-state index < -0.39 is 0 Å². The number of amides is 1. The van der Waals surface area contributed by atoms with E-state index in [9.17, 15) is 4.79 Å². The van der Waals surface area contributed by atoms with Gasteiger partial charge in [-0.05, 0) is 56.2 Å². The molecule has 0 bridgehead atoms. The monoisotopic (exact) mass is 395 g/mol. The summed E-state index contributed by atoms with van der Waals surface area (Å²) in [5.41, 5.74) is 2.46. The quantitative estimate of drug-likeness (QED) is 0.624. The van der Waals surface area contributed by atoms with E-state index in [1.54, 1.807) is 21.3 Å². The molecule has 29 heavy (non-hydrogen) atoms. The number of methoxy groups -OCH3 is 3. The Balaban J connectivity index is 1.72. The number of ether oxygens (including phenoxy) is 3. The summed E-state index contributed by atoms with van der Waals surface area (Å²) < 4.78 is 22.2.